The largest absolute Gasteiger partial charge is 0.370 e. The summed E-state index contributed by atoms with van der Waals surface area (Å²) in [5, 5.41) is 3.48. The van der Waals surface area contributed by atoms with E-state index >= 15 is 0 Å². The number of hydrogen-bond donors (Lipinski definition) is 1. The lowest BCUT2D eigenvalue weighted by atomic mass is 10.1. The van der Waals surface area contributed by atoms with Crippen molar-refractivity contribution in [1.29, 1.82) is 0 Å². The smallest absolute Gasteiger partial charge is 0.273 e. The van der Waals surface area contributed by atoms with Crippen molar-refractivity contribution >= 4 is 23.6 Å². The number of amides is 2. The molecular weight excluding hydrogens is 404 g/mol. The van der Waals surface area contributed by atoms with Crippen LogP contribution in [0, 0.1) is 0 Å². The van der Waals surface area contributed by atoms with Gasteiger partial charge in [0.05, 0.1) is 6.54 Å². The van der Waals surface area contributed by atoms with E-state index in [1.54, 1.807) is 6.92 Å². The predicted molar refractivity (Wildman–Crippen MR) is 125 cm³/mol. The molecule has 0 spiro atoms. The third-order valence-corrected chi connectivity index (χ3v) is 6.11. The van der Waals surface area contributed by atoms with Gasteiger partial charge in [-0.3, -0.25) is 9.59 Å². The number of anilines is 2. The maximum atomic E-state index is 13.0. The molecule has 0 saturated carbocycles. The minimum absolute atomic E-state index is 0.0137. The maximum absolute atomic E-state index is 13.0. The lowest BCUT2D eigenvalue weighted by Gasteiger charge is -2.34. The second kappa shape index (κ2) is 9.97. The zero-order valence-corrected chi connectivity index (χ0v) is 19.0. The first-order chi connectivity index (χ1) is 15.6. The molecular formula is C24H32N6O2. The Morgan fingerprint density at radius 3 is 2.53 bits per heavy atom. The molecule has 3 heterocycles. The predicted octanol–water partition coefficient (Wildman–Crippen LogP) is 2.56. The van der Waals surface area contributed by atoms with Crippen molar-refractivity contribution in [2.45, 2.75) is 39.7 Å². The summed E-state index contributed by atoms with van der Waals surface area (Å²) < 4.78 is 0. The highest BCUT2D eigenvalue weighted by Crippen LogP contribution is 2.29. The molecule has 0 radical (unpaired) electrons. The van der Waals surface area contributed by atoms with Crippen molar-refractivity contribution in [3.8, 4) is 0 Å². The zero-order chi connectivity index (χ0) is 22.5. The molecule has 2 aliphatic rings. The highest BCUT2D eigenvalue weighted by Gasteiger charge is 2.33. The van der Waals surface area contributed by atoms with E-state index < -0.39 is 0 Å². The van der Waals surface area contributed by atoms with Gasteiger partial charge >= 0.3 is 0 Å². The summed E-state index contributed by atoms with van der Waals surface area (Å²) in [5.41, 5.74) is 2.73. The van der Waals surface area contributed by atoms with E-state index in [9.17, 15) is 9.59 Å². The van der Waals surface area contributed by atoms with Gasteiger partial charge in [0.1, 0.15) is 11.5 Å². The fourth-order valence-electron chi connectivity index (χ4n) is 4.31. The number of rotatable bonds is 8. The van der Waals surface area contributed by atoms with Crippen molar-refractivity contribution in [3.05, 3.63) is 47.2 Å². The molecule has 8 nitrogen and oxygen atoms in total. The normalized spacial score (nSPS) is 15.8. The number of nitrogens with zero attached hydrogens (tertiary/aromatic N) is 5. The number of aromatic nitrogens is 2. The van der Waals surface area contributed by atoms with Crippen LogP contribution in [0.1, 0.15) is 48.3 Å². The van der Waals surface area contributed by atoms with Gasteiger partial charge in [0.15, 0.2) is 0 Å². The van der Waals surface area contributed by atoms with Gasteiger partial charge < -0.3 is 20.0 Å². The van der Waals surface area contributed by atoms with Crippen LogP contribution in [-0.2, 0) is 17.8 Å². The molecule has 2 amide bonds. The molecule has 0 bridgehead atoms. The van der Waals surface area contributed by atoms with Crippen molar-refractivity contribution in [2.75, 3.05) is 49.5 Å². The number of carbonyl (C=O) groups is 2. The number of nitrogens with one attached hydrogen (secondary N) is 1. The Morgan fingerprint density at radius 2 is 1.84 bits per heavy atom. The maximum Gasteiger partial charge on any atom is 0.273 e. The Labute approximate surface area is 189 Å². The quantitative estimate of drug-likeness (QED) is 0.641. The fourth-order valence-corrected chi connectivity index (χ4v) is 4.31. The summed E-state index contributed by atoms with van der Waals surface area (Å²) >= 11 is 0. The van der Waals surface area contributed by atoms with Crippen molar-refractivity contribution in [3.63, 3.8) is 0 Å². The molecule has 4 rings (SSSR count). The topological polar surface area (TPSA) is 81.7 Å². The SMILES string of the molecule is CCCN1Cc2c(NCCCc3ccccc3)nc(N3CCN(C(C)=O)CC3)nc2C1=O. The van der Waals surface area contributed by atoms with E-state index in [2.05, 4.69) is 46.4 Å². The Bertz CT molecular complexity index is 956. The van der Waals surface area contributed by atoms with E-state index in [0.717, 1.165) is 43.7 Å². The van der Waals surface area contributed by atoms with Crippen molar-refractivity contribution in [1.82, 2.24) is 19.8 Å². The third-order valence-electron chi connectivity index (χ3n) is 6.11. The van der Waals surface area contributed by atoms with Crippen molar-refractivity contribution in [2.24, 2.45) is 0 Å². The summed E-state index contributed by atoms with van der Waals surface area (Å²) in [5.74, 6) is 1.41. The highest BCUT2D eigenvalue weighted by molar-refractivity contribution is 5.98. The van der Waals surface area contributed by atoms with Gasteiger partial charge in [-0.1, -0.05) is 37.3 Å². The third kappa shape index (κ3) is 4.84. The van der Waals surface area contributed by atoms with Crippen LogP contribution < -0.4 is 10.2 Å². The Morgan fingerprint density at radius 1 is 1.09 bits per heavy atom. The first-order valence-corrected chi connectivity index (χ1v) is 11.5. The van der Waals surface area contributed by atoms with Crippen LogP contribution in [0.15, 0.2) is 30.3 Å². The molecule has 0 unspecified atom stereocenters. The summed E-state index contributed by atoms with van der Waals surface area (Å²) in [6, 6.07) is 10.4. The summed E-state index contributed by atoms with van der Waals surface area (Å²) in [4.78, 5) is 39.9. The minimum atomic E-state index is -0.0137. The van der Waals surface area contributed by atoms with Gasteiger partial charge in [-0.15, -0.1) is 0 Å². The number of aryl methyl sites for hydroxylation is 1. The first kappa shape index (κ1) is 22.0. The molecule has 0 atom stereocenters. The average Bonchev–Trinajstić information content (AvgIpc) is 3.13. The molecule has 0 aliphatic carbocycles. The molecule has 32 heavy (non-hydrogen) atoms. The summed E-state index contributed by atoms with van der Waals surface area (Å²) in [7, 11) is 0. The van der Waals surface area contributed by atoms with Crippen molar-refractivity contribution < 1.29 is 9.59 Å². The van der Waals surface area contributed by atoms with E-state index in [-0.39, 0.29) is 11.8 Å². The average molecular weight is 437 g/mol. The Hall–Kier alpha value is -3.16. The van der Waals surface area contributed by atoms with Crippen LogP contribution in [0.2, 0.25) is 0 Å². The summed E-state index contributed by atoms with van der Waals surface area (Å²) in [6.45, 7) is 8.34. The van der Waals surface area contributed by atoms with Crippen LogP contribution in [0.25, 0.3) is 0 Å². The number of piperazine rings is 1. The van der Waals surface area contributed by atoms with Crippen LogP contribution in [0.4, 0.5) is 11.8 Å². The Kier molecular flexibility index (Phi) is 6.87. The molecule has 1 saturated heterocycles. The van der Waals surface area contributed by atoms with Gasteiger partial charge in [0.25, 0.3) is 5.91 Å². The van der Waals surface area contributed by atoms with E-state index in [1.807, 2.05) is 15.9 Å². The second-order valence-electron chi connectivity index (χ2n) is 8.44. The number of hydrogen-bond acceptors (Lipinski definition) is 6. The second-order valence-corrected chi connectivity index (χ2v) is 8.44. The van der Waals surface area contributed by atoms with E-state index in [1.165, 1.54) is 5.56 Å². The number of carbonyl (C=O) groups excluding carboxylic acids is 2. The van der Waals surface area contributed by atoms with Crippen LogP contribution in [0.5, 0.6) is 0 Å². The lowest BCUT2D eigenvalue weighted by molar-refractivity contribution is -0.129. The van der Waals surface area contributed by atoms with E-state index in [4.69, 9.17) is 4.98 Å². The van der Waals surface area contributed by atoms with E-state index in [0.29, 0.717) is 44.4 Å². The molecule has 170 valence electrons. The van der Waals surface area contributed by atoms with Crippen LogP contribution in [0.3, 0.4) is 0 Å². The first-order valence-electron chi connectivity index (χ1n) is 11.5. The molecule has 2 aromatic rings. The lowest BCUT2D eigenvalue weighted by Crippen LogP contribution is -2.48. The van der Waals surface area contributed by atoms with Gasteiger partial charge in [-0.25, -0.2) is 4.98 Å². The molecule has 1 N–H and O–H groups in total. The number of benzene rings is 1. The van der Waals surface area contributed by atoms with Gasteiger partial charge in [0, 0.05) is 51.8 Å². The molecule has 8 heteroatoms. The standard InChI is InChI=1S/C24H32N6O2/c1-3-12-30-17-20-21(23(30)32)26-24(29-15-13-28(14-16-29)18(2)31)27-22(20)25-11-7-10-19-8-5-4-6-9-19/h4-6,8-9H,3,7,10-17H2,1-2H3,(H,25,26,27). The van der Waals surface area contributed by atoms with Crippen LogP contribution in [-0.4, -0.2) is 70.9 Å². The van der Waals surface area contributed by atoms with Gasteiger partial charge in [-0.2, -0.15) is 4.98 Å². The molecule has 1 aromatic heterocycles. The minimum Gasteiger partial charge on any atom is -0.370 e. The Balaban J connectivity index is 1.50. The molecule has 1 fully saturated rings. The molecule has 2 aliphatic heterocycles. The van der Waals surface area contributed by atoms with Gasteiger partial charge in [0.2, 0.25) is 11.9 Å². The zero-order valence-electron chi connectivity index (χ0n) is 19.0. The summed E-state index contributed by atoms with van der Waals surface area (Å²) in [6.07, 6.45) is 2.87. The highest BCUT2D eigenvalue weighted by atomic mass is 16.2. The molecule has 1 aromatic carbocycles. The monoisotopic (exact) mass is 436 g/mol. The van der Waals surface area contributed by atoms with Gasteiger partial charge in [-0.05, 0) is 24.8 Å². The van der Waals surface area contributed by atoms with Crippen LogP contribution >= 0.6 is 0 Å². The fraction of sp³-hybridized carbons (Fsp3) is 0.500. The number of fused-ring (bicyclic) bond motifs is 1.